The summed E-state index contributed by atoms with van der Waals surface area (Å²) in [4.78, 5) is 7.14. The minimum Gasteiger partial charge on any atom is -0.370 e. The predicted molar refractivity (Wildman–Crippen MR) is 83.9 cm³/mol. The summed E-state index contributed by atoms with van der Waals surface area (Å²) in [6.45, 7) is 0. The summed E-state index contributed by atoms with van der Waals surface area (Å²) in [7, 11) is 0. The van der Waals surface area contributed by atoms with Crippen LogP contribution in [0.15, 0.2) is 52.4 Å². The molecule has 126 valence electrons. The Bertz CT molecular complexity index is 791. The summed E-state index contributed by atoms with van der Waals surface area (Å²) in [5, 5.41) is 0. The molecule has 5 nitrogen and oxygen atoms in total. The van der Waals surface area contributed by atoms with Crippen LogP contribution in [0.4, 0.5) is 23.2 Å². The molecule has 0 saturated carbocycles. The Morgan fingerprint density at radius 2 is 1.54 bits per heavy atom. The first kappa shape index (κ1) is 17.3. The molecule has 0 aliphatic rings. The van der Waals surface area contributed by atoms with E-state index < -0.39 is 17.6 Å². The lowest BCUT2D eigenvalue weighted by Crippen LogP contribution is -2.26. The third-order valence-corrected chi connectivity index (χ3v) is 2.95. The van der Waals surface area contributed by atoms with Crippen LogP contribution >= 0.6 is 0 Å². The highest BCUT2D eigenvalue weighted by Crippen LogP contribution is 2.39. The number of alkyl halides is 3. The number of nitrogens with zero attached hydrogens (tertiary/aromatic N) is 2. The van der Waals surface area contributed by atoms with Gasteiger partial charge in [-0.05, 0) is 35.4 Å². The fourth-order valence-electron chi connectivity index (χ4n) is 2.01. The highest BCUT2D eigenvalue weighted by atomic mass is 19.4. The Balaban J connectivity index is 2.55. The summed E-state index contributed by atoms with van der Waals surface area (Å²) in [5.74, 6) is -1.29. The molecular weight excluding hydrogens is 326 g/mol. The smallest absolute Gasteiger partial charge is 0.370 e. The largest absolute Gasteiger partial charge is 0.417 e. The zero-order chi connectivity index (χ0) is 17.9. The number of hydrogen-bond donors (Lipinski definition) is 3. The van der Waals surface area contributed by atoms with E-state index in [4.69, 9.17) is 17.2 Å². The van der Waals surface area contributed by atoms with Crippen LogP contribution in [0.25, 0.3) is 11.1 Å². The summed E-state index contributed by atoms with van der Waals surface area (Å²) in [5.41, 5.74) is 14.7. The number of nitrogens with two attached hydrogens (primary N) is 3. The number of halogens is 4. The van der Waals surface area contributed by atoms with E-state index in [1.807, 2.05) is 0 Å². The molecule has 0 aromatic heterocycles. The van der Waals surface area contributed by atoms with Crippen LogP contribution in [0.5, 0.6) is 0 Å². The van der Waals surface area contributed by atoms with Gasteiger partial charge in [-0.2, -0.15) is 18.2 Å². The molecule has 0 fully saturated rings. The number of hydrogen-bond acceptors (Lipinski definition) is 1. The lowest BCUT2D eigenvalue weighted by molar-refractivity contribution is -0.137. The van der Waals surface area contributed by atoms with Crippen molar-refractivity contribution in [2.75, 3.05) is 0 Å². The van der Waals surface area contributed by atoms with Crippen LogP contribution in [0.3, 0.4) is 0 Å². The minimum atomic E-state index is -4.64. The maximum atomic E-state index is 13.3. The van der Waals surface area contributed by atoms with Crippen LogP contribution in [0.1, 0.15) is 5.56 Å². The number of aliphatic imine (C=N–C) groups is 2. The van der Waals surface area contributed by atoms with Crippen molar-refractivity contribution in [3.05, 3.63) is 53.8 Å². The second-order valence-corrected chi connectivity index (χ2v) is 4.74. The summed E-state index contributed by atoms with van der Waals surface area (Å²) in [6.07, 6.45) is -4.64. The maximum Gasteiger partial charge on any atom is 0.417 e. The number of rotatable bonds is 2. The van der Waals surface area contributed by atoms with Gasteiger partial charge in [-0.15, -0.1) is 0 Å². The first-order chi connectivity index (χ1) is 11.2. The van der Waals surface area contributed by atoms with Crippen molar-refractivity contribution in [3.63, 3.8) is 0 Å². The highest BCUT2D eigenvalue weighted by Gasteiger charge is 2.34. The molecule has 9 heteroatoms. The van der Waals surface area contributed by atoms with Crippen molar-refractivity contribution in [2.45, 2.75) is 6.18 Å². The Morgan fingerprint density at radius 1 is 0.917 bits per heavy atom. The molecule has 0 aliphatic heterocycles. The second-order valence-electron chi connectivity index (χ2n) is 4.74. The standard InChI is InChI=1S/C15H13F4N5/c16-9-3-1-8(2-4-9)11-6-5-10(7-12(11)15(17,18)19)23-14(22)24-13(20)21/h1-7H,(H6,20,21,22,23,24). The first-order valence-corrected chi connectivity index (χ1v) is 6.58. The molecule has 2 aromatic carbocycles. The molecule has 0 saturated heterocycles. The molecule has 0 aliphatic carbocycles. The van der Waals surface area contributed by atoms with Crippen molar-refractivity contribution in [1.29, 1.82) is 0 Å². The Hall–Kier alpha value is -3.10. The van der Waals surface area contributed by atoms with E-state index in [1.165, 1.54) is 24.3 Å². The van der Waals surface area contributed by atoms with Crippen LogP contribution in [0, 0.1) is 5.82 Å². The molecule has 0 spiro atoms. The Labute approximate surface area is 134 Å². The van der Waals surface area contributed by atoms with Crippen LogP contribution < -0.4 is 17.2 Å². The van der Waals surface area contributed by atoms with Gasteiger partial charge in [0.25, 0.3) is 0 Å². The lowest BCUT2D eigenvalue weighted by atomic mass is 9.98. The van der Waals surface area contributed by atoms with Gasteiger partial charge < -0.3 is 17.2 Å². The zero-order valence-electron chi connectivity index (χ0n) is 12.2. The molecule has 0 amide bonds. The van der Waals surface area contributed by atoms with Crippen molar-refractivity contribution < 1.29 is 17.6 Å². The van der Waals surface area contributed by atoms with Gasteiger partial charge in [0.2, 0.25) is 5.96 Å². The van der Waals surface area contributed by atoms with E-state index in [-0.39, 0.29) is 28.7 Å². The third-order valence-electron chi connectivity index (χ3n) is 2.95. The number of benzene rings is 2. The van der Waals surface area contributed by atoms with Crippen molar-refractivity contribution in [3.8, 4) is 11.1 Å². The molecule has 0 heterocycles. The average Bonchev–Trinajstić information content (AvgIpc) is 2.46. The summed E-state index contributed by atoms with van der Waals surface area (Å²) >= 11 is 0. The Kier molecular flexibility index (Phi) is 4.72. The Morgan fingerprint density at radius 3 is 2.08 bits per heavy atom. The third kappa shape index (κ3) is 4.22. The van der Waals surface area contributed by atoms with E-state index in [9.17, 15) is 17.6 Å². The van der Waals surface area contributed by atoms with Gasteiger partial charge in [0, 0.05) is 0 Å². The van der Waals surface area contributed by atoms with Gasteiger partial charge in [-0.25, -0.2) is 9.38 Å². The quantitative estimate of drug-likeness (QED) is 0.445. The van der Waals surface area contributed by atoms with Crippen LogP contribution in [-0.2, 0) is 6.18 Å². The van der Waals surface area contributed by atoms with Gasteiger partial charge in [0.1, 0.15) is 5.82 Å². The molecule has 0 bridgehead atoms. The normalized spacial score (nSPS) is 12.1. The van der Waals surface area contributed by atoms with E-state index in [1.54, 1.807) is 0 Å². The molecule has 24 heavy (non-hydrogen) atoms. The fourth-order valence-corrected chi connectivity index (χ4v) is 2.01. The molecule has 2 aromatic rings. The lowest BCUT2D eigenvalue weighted by Gasteiger charge is -2.14. The van der Waals surface area contributed by atoms with Gasteiger partial charge in [-0.1, -0.05) is 18.2 Å². The van der Waals surface area contributed by atoms with Crippen molar-refractivity contribution in [2.24, 2.45) is 27.2 Å². The SMILES string of the molecule is NC(N)=NC(N)=Nc1ccc(-c2ccc(F)cc2)c(C(F)(F)F)c1. The predicted octanol–water partition coefficient (Wildman–Crippen LogP) is 2.73. The monoisotopic (exact) mass is 339 g/mol. The number of guanidine groups is 2. The van der Waals surface area contributed by atoms with E-state index in [0.29, 0.717) is 0 Å². The highest BCUT2D eigenvalue weighted by molar-refractivity contribution is 5.93. The minimum absolute atomic E-state index is 0.0734. The first-order valence-electron chi connectivity index (χ1n) is 6.58. The molecule has 0 radical (unpaired) electrons. The molecule has 2 rings (SSSR count). The van der Waals surface area contributed by atoms with Gasteiger partial charge in [-0.3, -0.25) is 0 Å². The average molecular weight is 339 g/mol. The van der Waals surface area contributed by atoms with E-state index >= 15 is 0 Å². The molecule has 0 atom stereocenters. The van der Waals surface area contributed by atoms with E-state index in [2.05, 4.69) is 9.98 Å². The van der Waals surface area contributed by atoms with Crippen molar-refractivity contribution in [1.82, 2.24) is 0 Å². The van der Waals surface area contributed by atoms with Gasteiger partial charge in [0.15, 0.2) is 5.96 Å². The summed E-state index contributed by atoms with van der Waals surface area (Å²) in [6, 6.07) is 8.04. The van der Waals surface area contributed by atoms with E-state index in [0.717, 1.165) is 18.2 Å². The maximum absolute atomic E-state index is 13.3. The van der Waals surface area contributed by atoms with Gasteiger partial charge >= 0.3 is 6.18 Å². The van der Waals surface area contributed by atoms with Crippen LogP contribution in [0.2, 0.25) is 0 Å². The second kappa shape index (κ2) is 6.57. The van der Waals surface area contributed by atoms with Gasteiger partial charge in [0.05, 0.1) is 11.3 Å². The van der Waals surface area contributed by atoms with Crippen LogP contribution in [-0.4, -0.2) is 11.9 Å². The summed E-state index contributed by atoms with van der Waals surface area (Å²) < 4.78 is 52.9. The molecular formula is C15H13F4N5. The van der Waals surface area contributed by atoms with Crippen molar-refractivity contribution >= 4 is 17.6 Å². The molecule has 6 N–H and O–H groups in total. The molecule has 0 unspecified atom stereocenters. The zero-order valence-corrected chi connectivity index (χ0v) is 12.2. The fraction of sp³-hybridized carbons (Fsp3) is 0.0667. The topological polar surface area (TPSA) is 103 Å².